The van der Waals surface area contributed by atoms with Crippen LogP contribution in [0.2, 0.25) is 0 Å². The highest BCUT2D eigenvalue weighted by Gasteiger charge is 2.04. The molecular formula is C12H12N2O. The summed E-state index contributed by atoms with van der Waals surface area (Å²) < 4.78 is 0. The highest BCUT2D eigenvalue weighted by molar-refractivity contribution is 5.82. The molecule has 2 aromatic rings. The van der Waals surface area contributed by atoms with Crippen molar-refractivity contribution in [3.05, 3.63) is 36.4 Å². The van der Waals surface area contributed by atoms with E-state index in [4.69, 9.17) is 0 Å². The van der Waals surface area contributed by atoms with Gasteiger partial charge in [-0.1, -0.05) is 18.2 Å². The van der Waals surface area contributed by atoms with Crippen molar-refractivity contribution in [2.75, 3.05) is 11.4 Å². The number of carbonyl (C=O) groups is 1. The standard InChI is InChI=1S/C12H12N2O/c1-2-14(9-15)12-8-7-10-5-3-4-6-11(10)13-12/h3-9H,2H2,1H3. The predicted octanol–water partition coefficient (Wildman–Crippen LogP) is 2.22. The number of hydrogen-bond acceptors (Lipinski definition) is 2. The Morgan fingerprint density at radius 2 is 2.07 bits per heavy atom. The van der Waals surface area contributed by atoms with Crippen molar-refractivity contribution in [3.63, 3.8) is 0 Å². The van der Waals surface area contributed by atoms with Crippen LogP contribution in [0.4, 0.5) is 5.82 Å². The van der Waals surface area contributed by atoms with Crippen LogP contribution in [-0.4, -0.2) is 17.9 Å². The van der Waals surface area contributed by atoms with E-state index in [2.05, 4.69) is 4.98 Å². The molecule has 0 aliphatic carbocycles. The van der Waals surface area contributed by atoms with E-state index in [1.807, 2.05) is 43.3 Å². The predicted molar refractivity (Wildman–Crippen MR) is 60.8 cm³/mol. The van der Waals surface area contributed by atoms with E-state index in [9.17, 15) is 4.79 Å². The third kappa shape index (κ3) is 1.81. The van der Waals surface area contributed by atoms with E-state index in [0.29, 0.717) is 12.4 Å². The maximum atomic E-state index is 10.8. The first-order valence-electron chi connectivity index (χ1n) is 4.93. The fourth-order valence-corrected chi connectivity index (χ4v) is 1.51. The zero-order valence-corrected chi connectivity index (χ0v) is 8.55. The Hall–Kier alpha value is -1.90. The van der Waals surface area contributed by atoms with Gasteiger partial charge >= 0.3 is 0 Å². The molecule has 0 saturated carbocycles. The molecule has 1 amide bonds. The maximum absolute atomic E-state index is 10.8. The number of carbonyl (C=O) groups excluding carboxylic acids is 1. The number of pyridine rings is 1. The molecule has 0 bridgehead atoms. The molecule has 0 N–H and O–H groups in total. The van der Waals surface area contributed by atoms with Gasteiger partial charge in [0.15, 0.2) is 0 Å². The van der Waals surface area contributed by atoms with E-state index in [0.717, 1.165) is 17.3 Å². The molecule has 1 aromatic heterocycles. The first-order valence-corrected chi connectivity index (χ1v) is 4.93. The Labute approximate surface area is 88.3 Å². The SMILES string of the molecule is CCN(C=O)c1ccc2ccccc2n1. The molecule has 1 heterocycles. The lowest BCUT2D eigenvalue weighted by molar-refractivity contribution is -0.107. The third-order valence-corrected chi connectivity index (χ3v) is 2.35. The lowest BCUT2D eigenvalue weighted by Gasteiger charge is -2.13. The van der Waals surface area contributed by atoms with Gasteiger partial charge in [-0.25, -0.2) is 4.98 Å². The highest BCUT2D eigenvalue weighted by atomic mass is 16.1. The van der Waals surface area contributed by atoms with Crippen LogP contribution in [0.5, 0.6) is 0 Å². The first kappa shape index (κ1) is 9.65. The van der Waals surface area contributed by atoms with Crippen molar-refractivity contribution >= 4 is 23.1 Å². The van der Waals surface area contributed by atoms with Crippen LogP contribution in [0.25, 0.3) is 10.9 Å². The molecule has 3 nitrogen and oxygen atoms in total. The average Bonchev–Trinajstić information content (AvgIpc) is 2.30. The van der Waals surface area contributed by atoms with Crippen LogP contribution in [0.3, 0.4) is 0 Å². The second-order valence-corrected chi connectivity index (χ2v) is 3.25. The van der Waals surface area contributed by atoms with Gasteiger partial charge in [0, 0.05) is 11.9 Å². The van der Waals surface area contributed by atoms with Crippen molar-refractivity contribution in [2.45, 2.75) is 6.92 Å². The molecule has 15 heavy (non-hydrogen) atoms. The largest absolute Gasteiger partial charge is 0.300 e. The van der Waals surface area contributed by atoms with E-state index in [-0.39, 0.29) is 0 Å². The van der Waals surface area contributed by atoms with E-state index in [1.54, 1.807) is 4.90 Å². The Kier molecular flexibility index (Phi) is 2.63. The molecule has 0 aliphatic rings. The quantitative estimate of drug-likeness (QED) is 0.712. The second kappa shape index (κ2) is 4.09. The molecule has 0 saturated heterocycles. The van der Waals surface area contributed by atoms with Gasteiger partial charge in [0.1, 0.15) is 5.82 Å². The number of amides is 1. The molecule has 0 radical (unpaired) electrons. The van der Waals surface area contributed by atoms with Crippen molar-refractivity contribution in [2.24, 2.45) is 0 Å². The minimum atomic E-state index is 0.634. The van der Waals surface area contributed by atoms with Crippen LogP contribution in [0, 0.1) is 0 Å². The van der Waals surface area contributed by atoms with E-state index < -0.39 is 0 Å². The van der Waals surface area contributed by atoms with Crippen molar-refractivity contribution in [1.82, 2.24) is 4.98 Å². The number of nitrogens with zero attached hydrogens (tertiary/aromatic N) is 2. The Morgan fingerprint density at radius 1 is 1.27 bits per heavy atom. The van der Waals surface area contributed by atoms with Crippen LogP contribution in [0.1, 0.15) is 6.92 Å². The summed E-state index contributed by atoms with van der Waals surface area (Å²) in [6.07, 6.45) is 0.803. The van der Waals surface area contributed by atoms with E-state index in [1.165, 1.54) is 0 Å². The van der Waals surface area contributed by atoms with Crippen molar-refractivity contribution < 1.29 is 4.79 Å². The van der Waals surface area contributed by atoms with Gasteiger partial charge in [-0.15, -0.1) is 0 Å². The molecule has 3 heteroatoms. The van der Waals surface area contributed by atoms with Crippen molar-refractivity contribution in [3.8, 4) is 0 Å². The third-order valence-electron chi connectivity index (χ3n) is 2.35. The maximum Gasteiger partial charge on any atom is 0.215 e. The number of fused-ring (bicyclic) bond motifs is 1. The Morgan fingerprint density at radius 3 is 2.80 bits per heavy atom. The summed E-state index contributed by atoms with van der Waals surface area (Å²) in [5.41, 5.74) is 0.912. The fourth-order valence-electron chi connectivity index (χ4n) is 1.51. The van der Waals surface area contributed by atoms with Gasteiger partial charge in [-0.3, -0.25) is 9.69 Å². The lowest BCUT2D eigenvalue weighted by Crippen LogP contribution is -2.21. The van der Waals surface area contributed by atoms with Crippen LogP contribution in [-0.2, 0) is 4.79 Å². The number of anilines is 1. The van der Waals surface area contributed by atoms with Gasteiger partial charge in [0.2, 0.25) is 6.41 Å². The fraction of sp³-hybridized carbons (Fsp3) is 0.167. The molecule has 1 aromatic carbocycles. The molecular weight excluding hydrogens is 188 g/mol. The number of rotatable bonds is 3. The van der Waals surface area contributed by atoms with Crippen molar-refractivity contribution in [1.29, 1.82) is 0 Å². The van der Waals surface area contributed by atoms with Crippen LogP contribution >= 0.6 is 0 Å². The summed E-state index contributed by atoms with van der Waals surface area (Å²) in [7, 11) is 0. The van der Waals surface area contributed by atoms with Crippen LogP contribution < -0.4 is 4.90 Å². The molecule has 0 aliphatic heterocycles. The molecule has 2 rings (SSSR count). The number of hydrogen-bond donors (Lipinski definition) is 0. The Balaban J connectivity index is 2.50. The number of para-hydroxylation sites is 1. The highest BCUT2D eigenvalue weighted by Crippen LogP contribution is 2.16. The average molecular weight is 200 g/mol. The van der Waals surface area contributed by atoms with Gasteiger partial charge < -0.3 is 0 Å². The molecule has 0 fully saturated rings. The van der Waals surface area contributed by atoms with E-state index >= 15 is 0 Å². The summed E-state index contributed by atoms with van der Waals surface area (Å²) in [4.78, 5) is 16.7. The lowest BCUT2D eigenvalue weighted by atomic mass is 10.2. The summed E-state index contributed by atoms with van der Waals surface area (Å²) in [5, 5.41) is 1.09. The zero-order valence-electron chi connectivity index (χ0n) is 8.55. The number of benzene rings is 1. The first-order chi connectivity index (χ1) is 7.35. The van der Waals surface area contributed by atoms with Gasteiger partial charge in [-0.2, -0.15) is 0 Å². The summed E-state index contributed by atoms with van der Waals surface area (Å²) in [6.45, 7) is 2.56. The van der Waals surface area contributed by atoms with Gasteiger partial charge in [0.25, 0.3) is 0 Å². The normalized spacial score (nSPS) is 10.2. The monoisotopic (exact) mass is 200 g/mol. The topological polar surface area (TPSA) is 33.2 Å². The van der Waals surface area contributed by atoms with Gasteiger partial charge in [0.05, 0.1) is 5.52 Å². The minimum absolute atomic E-state index is 0.634. The minimum Gasteiger partial charge on any atom is -0.300 e. The Bertz CT molecular complexity index is 482. The molecule has 76 valence electrons. The number of aromatic nitrogens is 1. The second-order valence-electron chi connectivity index (χ2n) is 3.25. The molecule has 0 atom stereocenters. The molecule has 0 spiro atoms. The summed E-state index contributed by atoms with van der Waals surface area (Å²) >= 11 is 0. The zero-order chi connectivity index (χ0) is 10.7. The molecule has 0 unspecified atom stereocenters. The van der Waals surface area contributed by atoms with Gasteiger partial charge in [-0.05, 0) is 25.1 Å². The summed E-state index contributed by atoms with van der Waals surface area (Å²) in [6, 6.07) is 11.7. The van der Waals surface area contributed by atoms with Crippen LogP contribution in [0.15, 0.2) is 36.4 Å². The smallest absolute Gasteiger partial charge is 0.215 e. The summed E-state index contributed by atoms with van der Waals surface area (Å²) in [5.74, 6) is 0.700.